The second-order valence-corrected chi connectivity index (χ2v) is 7.84. The van der Waals surface area contributed by atoms with Crippen LogP contribution in [0.25, 0.3) is 22.6 Å². The van der Waals surface area contributed by atoms with Gasteiger partial charge in [0.15, 0.2) is 17.3 Å². The molecule has 11 heteroatoms. The summed E-state index contributed by atoms with van der Waals surface area (Å²) in [6, 6.07) is 2.07. The van der Waals surface area contributed by atoms with E-state index >= 15 is 0 Å². The lowest BCUT2D eigenvalue weighted by atomic mass is 10.2. The highest BCUT2D eigenvalue weighted by Gasteiger charge is 2.16. The van der Waals surface area contributed by atoms with E-state index in [2.05, 4.69) is 55.8 Å². The average molecular weight is 444 g/mol. The summed E-state index contributed by atoms with van der Waals surface area (Å²) in [5, 5.41) is 11.4. The Morgan fingerprint density at radius 2 is 1.97 bits per heavy atom. The Balaban J connectivity index is 1.38. The molecule has 0 saturated heterocycles. The number of nitrogens with zero attached hydrogens (tertiary/aromatic N) is 8. The van der Waals surface area contributed by atoms with Crippen LogP contribution in [0, 0.1) is 13.8 Å². The summed E-state index contributed by atoms with van der Waals surface area (Å²) in [5.41, 5.74) is 11.0. The Hall–Kier alpha value is -4.28. The number of nitrogens with two attached hydrogens (primary N) is 1. The summed E-state index contributed by atoms with van der Waals surface area (Å²) in [4.78, 5) is 22.1. The molecule has 1 aliphatic rings. The minimum Gasteiger partial charge on any atom is -0.368 e. The Morgan fingerprint density at radius 1 is 1.15 bits per heavy atom. The van der Waals surface area contributed by atoms with E-state index in [9.17, 15) is 0 Å². The number of aryl methyl sites for hydroxylation is 3. The number of nitrogens with one attached hydrogen (secondary N) is 2. The topological polar surface area (TPSA) is 137 Å². The molecule has 1 unspecified atom stereocenters. The fourth-order valence-corrected chi connectivity index (χ4v) is 3.77. The highest BCUT2D eigenvalue weighted by molar-refractivity contribution is 5.85. The number of aromatic nitrogens is 8. The average Bonchev–Trinajstić information content (AvgIpc) is 3.40. The van der Waals surface area contributed by atoms with Gasteiger partial charge in [-0.05, 0) is 38.5 Å². The van der Waals surface area contributed by atoms with Crippen LogP contribution in [0.2, 0.25) is 0 Å². The molecular formula is C22H25N11. The summed E-state index contributed by atoms with van der Waals surface area (Å²) >= 11 is 0. The molecule has 168 valence electrons. The van der Waals surface area contributed by atoms with Gasteiger partial charge in [-0.3, -0.25) is 0 Å². The Bertz CT molecular complexity index is 1360. The lowest BCUT2D eigenvalue weighted by Gasteiger charge is -2.21. The molecule has 4 aromatic rings. The zero-order valence-electron chi connectivity index (χ0n) is 18.7. The van der Waals surface area contributed by atoms with E-state index in [1.165, 1.54) is 0 Å². The van der Waals surface area contributed by atoms with Crippen LogP contribution in [0.15, 0.2) is 48.7 Å². The van der Waals surface area contributed by atoms with Crippen LogP contribution in [-0.4, -0.2) is 45.8 Å². The molecule has 0 aliphatic carbocycles. The van der Waals surface area contributed by atoms with Gasteiger partial charge in [0.1, 0.15) is 11.7 Å². The second kappa shape index (κ2) is 8.34. The van der Waals surface area contributed by atoms with E-state index in [0.29, 0.717) is 29.3 Å². The van der Waals surface area contributed by atoms with Crippen LogP contribution in [0.1, 0.15) is 24.5 Å². The Morgan fingerprint density at radius 3 is 2.64 bits per heavy atom. The number of anilines is 2. The van der Waals surface area contributed by atoms with Crippen molar-refractivity contribution in [3.8, 4) is 11.4 Å². The molecule has 0 spiro atoms. The molecular weight excluding hydrogens is 418 g/mol. The zero-order chi connectivity index (χ0) is 22.9. The van der Waals surface area contributed by atoms with E-state index in [0.717, 1.165) is 29.2 Å². The lowest BCUT2D eigenvalue weighted by molar-refractivity contribution is 0.476. The molecule has 5 heterocycles. The second-order valence-electron chi connectivity index (χ2n) is 7.84. The van der Waals surface area contributed by atoms with Gasteiger partial charge < -0.3 is 20.9 Å². The van der Waals surface area contributed by atoms with Crippen molar-refractivity contribution < 1.29 is 0 Å². The normalized spacial score (nSPS) is 15.5. The van der Waals surface area contributed by atoms with Gasteiger partial charge in [-0.1, -0.05) is 6.08 Å². The van der Waals surface area contributed by atoms with Crippen LogP contribution in [0.5, 0.6) is 0 Å². The van der Waals surface area contributed by atoms with Gasteiger partial charge in [0.05, 0.1) is 17.6 Å². The number of fused-ring (bicyclic) bond motifs is 1. The van der Waals surface area contributed by atoms with Gasteiger partial charge in [0, 0.05) is 37.4 Å². The van der Waals surface area contributed by atoms with Crippen LogP contribution < -0.4 is 16.4 Å². The summed E-state index contributed by atoms with van der Waals surface area (Å²) in [5.74, 6) is 1.36. The molecule has 4 aromatic heterocycles. The molecule has 1 aliphatic heterocycles. The van der Waals surface area contributed by atoms with Crippen LogP contribution in [-0.2, 0) is 6.54 Å². The van der Waals surface area contributed by atoms with Crippen LogP contribution in [0.4, 0.5) is 11.8 Å². The van der Waals surface area contributed by atoms with Gasteiger partial charge in [0.25, 0.3) is 0 Å². The van der Waals surface area contributed by atoms with E-state index in [1.54, 1.807) is 18.7 Å². The molecule has 0 aromatic carbocycles. The first-order valence-corrected chi connectivity index (χ1v) is 10.7. The minimum absolute atomic E-state index is 0.00872. The summed E-state index contributed by atoms with van der Waals surface area (Å²) in [6.07, 6.45) is 11.2. The predicted octanol–water partition coefficient (Wildman–Crippen LogP) is 2.35. The summed E-state index contributed by atoms with van der Waals surface area (Å²) in [7, 11) is 0. The van der Waals surface area contributed by atoms with Gasteiger partial charge >= 0.3 is 0 Å². The standard InChI is InChI=1S/C22H25N11/c1-4-32-12-28-18-20(29-19(30-21(18)32)16-10-26-22(23)27-11-16)25-9-15-5-6-17(24-8-15)33-14(3)7-13(2)31-33/h5-8,10-12,17,24H,4,9H2,1-3H3,(H2,23,26,27)(H,25,29,30). The molecule has 33 heavy (non-hydrogen) atoms. The van der Waals surface area contributed by atoms with Gasteiger partial charge in [0.2, 0.25) is 5.95 Å². The minimum atomic E-state index is -0.00872. The molecule has 0 bridgehead atoms. The third-order valence-electron chi connectivity index (χ3n) is 5.43. The maximum Gasteiger partial charge on any atom is 0.219 e. The number of hydrogen-bond donors (Lipinski definition) is 3. The smallest absolute Gasteiger partial charge is 0.219 e. The fraction of sp³-hybridized carbons (Fsp3) is 0.273. The van der Waals surface area contributed by atoms with E-state index in [4.69, 9.17) is 15.7 Å². The highest BCUT2D eigenvalue weighted by atomic mass is 15.4. The van der Waals surface area contributed by atoms with Gasteiger partial charge in [-0.25, -0.2) is 29.6 Å². The van der Waals surface area contributed by atoms with Crippen LogP contribution in [0.3, 0.4) is 0 Å². The number of dihydropyridines is 1. The van der Waals surface area contributed by atoms with Crippen molar-refractivity contribution >= 4 is 22.9 Å². The number of rotatable bonds is 6. The van der Waals surface area contributed by atoms with Crippen molar-refractivity contribution in [3.63, 3.8) is 0 Å². The fourth-order valence-electron chi connectivity index (χ4n) is 3.77. The monoisotopic (exact) mass is 443 g/mol. The van der Waals surface area contributed by atoms with Crippen molar-refractivity contribution in [2.45, 2.75) is 33.5 Å². The Labute approximate surface area is 190 Å². The highest BCUT2D eigenvalue weighted by Crippen LogP contribution is 2.24. The first-order valence-electron chi connectivity index (χ1n) is 10.7. The van der Waals surface area contributed by atoms with Crippen LogP contribution >= 0.6 is 0 Å². The number of hydrogen-bond acceptors (Lipinski definition) is 9. The first kappa shape index (κ1) is 20.6. The molecule has 5 rings (SSSR count). The van der Waals surface area contributed by atoms with Crippen molar-refractivity contribution in [1.29, 1.82) is 0 Å². The molecule has 0 saturated carbocycles. The van der Waals surface area contributed by atoms with E-state index < -0.39 is 0 Å². The van der Waals surface area contributed by atoms with Gasteiger partial charge in [-0.2, -0.15) is 5.10 Å². The SMILES string of the molecule is CCn1cnc2c(NCC3=CNC(n4nc(C)cc4C)C=C3)nc(-c3cnc(N)nc3)nc21. The van der Waals surface area contributed by atoms with Crippen molar-refractivity contribution in [2.75, 3.05) is 17.6 Å². The summed E-state index contributed by atoms with van der Waals surface area (Å²) in [6.45, 7) is 7.40. The van der Waals surface area contributed by atoms with Gasteiger partial charge in [-0.15, -0.1) is 0 Å². The molecule has 0 amide bonds. The lowest BCUT2D eigenvalue weighted by Crippen LogP contribution is -2.26. The maximum atomic E-state index is 5.63. The zero-order valence-corrected chi connectivity index (χ0v) is 18.7. The Kier molecular flexibility index (Phi) is 5.21. The third-order valence-corrected chi connectivity index (χ3v) is 5.43. The largest absolute Gasteiger partial charge is 0.368 e. The molecule has 0 fully saturated rings. The van der Waals surface area contributed by atoms with Crippen molar-refractivity contribution in [3.05, 3.63) is 60.1 Å². The molecule has 4 N–H and O–H groups in total. The van der Waals surface area contributed by atoms with E-state index in [1.807, 2.05) is 29.3 Å². The molecule has 1 atom stereocenters. The molecule has 0 radical (unpaired) electrons. The number of imidazole rings is 1. The molecule has 11 nitrogen and oxygen atoms in total. The first-order chi connectivity index (χ1) is 16.0. The number of nitrogen functional groups attached to an aromatic ring is 1. The summed E-state index contributed by atoms with van der Waals surface area (Å²) < 4.78 is 3.95. The van der Waals surface area contributed by atoms with E-state index in [-0.39, 0.29) is 12.1 Å². The maximum absolute atomic E-state index is 5.63. The van der Waals surface area contributed by atoms with Crippen molar-refractivity contribution in [2.24, 2.45) is 0 Å². The predicted molar refractivity (Wildman–Crippen MR) is 126 cm³/mol. The third kappa shape index (κ3) is 4.00. The quantitative estimate of drug-likeness (QED) is 0.410. The van der Waals surface area contributed by atoms with Crippen molar-refractivity contribution in [1.82, 2.24) is 44.6 Å².